The third-order valence-corrected chi connectivity index (χ3v) is 2.52. The van der Waals surface area contributed by atoms with Gasteiger partial charge in [-0.05, 0) is 19.4 Å². The first kappa shape index (κ1) is 9.01. The molecule has 2 atom stereocenters. The lowest BCUT2D eigenvalue weighted by Crippen LogP contribution is -2.35. The minimum Gasteiger partial charge on any atom is -0.326 e. The maximum absolute atomic E-state index is 5.90. The smallest absolute Gasteiger partial charge is 0.0219 e. The largest absolute Gasteiger partial charge is 0.326 e. The van der Waals surface area contributed by atoms with Gasteiger partial charge in [0.05, 0.1) is 0 Å². The van der Waals surface area contributed by atoms with Crippen LogP contribution in [0.4, 0.5) is 0 Å². The molecule has 3 N–H and O–H groups in total. The van der Waals surface area contributed by atoms with Gasteiger partial charge in [0, 0.05) is 12.1 Å². The first-order valence-corrected chi connectivity index (χ1v) is 4.83. The van der Waals surface area contributed by atoms with Gasteiger partial charge in [0.25, 0.3) is 0 Å². The van der Waals surface area contributed by atoms with Crippen LogP contribution in [0.2, 0.25) is 0 Å². The summed E-state index contributed by atoms with van der Waals surface area (Å²) in [5.41, 5.74) is 5.90. The molecule has 0 spiro atoms. The minimum absolute atomic E-state index is 0.423. The van der Waals surface area contributed by atoms with E-state index in [0.717, 1.165) is 13.0 Å². The van der Waals surface area contributed by atoms with E-state index in [1.807, 2.05) is 0 Å². The Hall–Kier alpha value is -0.0800. The van der Waals surface area contributed by atoms with E-state index < -0.39 is 0 Å². The predicted molar refractivity (Wildman–Crippen MR) is 48.5 cm³/mol. The minimum atomic E-state index is 0.423. The van der Waals surface area contributed by atoms with Crippen LogP contribution in [0, 0.1) is 0 Å². The quantitative estimate of drug-likeness (QED) is 0.601. The fourth-order valence-electron chi connectivity index (χ4n) is 1.72. The van der Waals surface area contributed by atoms with E-state index in [1.165, 1.54) is 25.7 Å². The lowest BCUT2D eigenvalue weighted by Gasteiger charge is -2.14. The van der Waals surface area contributed by atoms with Crippen LogP contribution in [-0.2, 0) is 0 Å². The van der Waals surface area contributed by atoms with Crippen molar-refractivity contribution < 1.29 is 0 Å². The maximum Gasteiger partial charge on any atom is 0.0219 e. The summed E-state index contributed by atoms with van der Waals surface area (Å²) in [7, 11) is 0. The summed E-state index contributed by atoms with van der Waals surface area (Å²) >= 11 is 0. The molecule has 66 valence electrons. The number of nitrogens with one attached hydrogen (secondary N) is 1. The van der Waals surface area contributed by atoms with Gasteiger partial charge in [-0.1, -0.05) is 26.2 Å². The van der Waals surface area contributed by atoms with Crippen LogP contribution >= 0.6 is 0 Å². The van der Waals surface area contributed by atoms with E-state index in [-0.39, 0.29) is 0 Å². The van der Waals surface area contributed by atoms with Gasteiger partial charge in [-0.25, -0.2) is 0 Å². The molecule has 0 aromatic carbocycles. The highest BCUT2D eigenvalue weighted by atomic mass is 15.0. The standard InChI is InChI=1S/C9H20N2/c1-2-3-4-5-9-8(10)6-7-11-9/h8-9,11H,2-7,10H2,1H3. The van der Waals surface area contributed by atoms with Crippen LogP contribution in [0.3, 0.4) is 0 Å². The van der Waals surface area contributed by atoms with Crippen molar-refractivity contribution in [2.75, 3.05) is 6.54 Å². The topological polar surface area (TPSA) is 38.0 Å². The molecular formula is C9H20N2. The summed E-state index contributed by atoms with van der Waals surface area (Å²) < 4.78 is 0. The lowest BCUT2D eigenvalue weighted by atomic mass is 10.0. The highest BCUT2D eigenvalue weighted by molar-refractivity contribution is 4.85. The molecule has 2 nitrogen and oxygen atoms in total. The molecule has 2 heteroatoms. The van der Waals surface area contributed by atoms with Crippen molar-refractivity contribution in [2.24, 2.45) is 5.73 Å². The van der Waals surface area contributed by atoms with Crippen molar-refractivity contribution in [1.82, 2.24) is 5.32 Å². The Morgan fingerprint density at radius 3 is 2.82 bits per heavy atom. The number of hydrogen-bond donors (Lipinski definition) is 2. The molecule has 1 fully saturated rings. The Labute approximate surface area is 69.5 Å². The highest BCUT2D eigenvalue weighted by Crippen LogP contribution is 2.11. The first-order valence-electron chi connectivity index (χ1n) is 4.83. The molecular weight excluding hydrogens is 136 g/mol. The number of nitrogens with two attached hydrogens (primary N) is 1. The molecule has 0 amide bonds. The highest BCUT2D eigenvalue weighted by Gasteiger charge is 2.21. The molecule has 2 unspecified atom stereocenters. The van der Waals surface area contributed by atoms with Crippen molar-refractivity contribution in [2.45, 2.75) is 51.1 Å². The van der Waals surface area contributed by atoms with E-state index in [9.17, 15) is 0 Å². The van der Waals surface area contributed by atoms with E-state index in [0.29, 0.717) is 12.1 Å². The Morgan fingerprint density at radius 2 is 2.27 bits per heavy atom. The van der Waals surface area contributed by atoms with E-state index >= 15 is 0 Å². The Morgan fingerprint density at radius 1 is 1.45 bits per heavy atom. The van der Waals surface area contributed by atoms with E-state index in [1.54, 1.807) is 0 Å². The zero-order valence-electron chi connectivity index (χ0n) is 7.47. The number of hydrogen-bond acceptors (Lipinski definition) is 2. The zero-order chi connectivity index (χ0) is 8.10. The Balaban J connectivity index is 2.05. The van der Waals surface area contributed by atoms with Gasteiger partial charge in [-0.2, -0.15) is 0 Å². The molecule has 0 aromatic heterocycles. The van der Waals surface area contributed by atoms with Crippen LogP contribution in [0.25, 0.3) is 0 Å². The summed E-state index contributed by atoms with van der Waals surface area (Å²) in [6.45, 7) is 3.36. The monoisotopic (exact) mass is 156 g/mol. The van der Waals surface area contributed by atoms with Crippen LogP contribution < -0.4 is 11.1 Å². The summed E-state index contributed by atoms with van der Waals surface area (Å²) in [5.74, 6) is 0. The van der Waals surface area contributed by atoms with Crippen LogP contribution in [0.1, 0.15) is 39.0 Å². The van der Waals surface area contributed by atoms with Crippen LogP contribution in [0.5, 0.6) is 0 Å². The fourth-order valence-corrected chi connectivity index (χ4v) is 1.72. The molecule has 1 rings (SSSR count). The molecule has 0 bridgehead atoms. The molecule has 1 heterocycles. The lowest BCUT2D eigenvalue weighted by molar-refractivity contribution is 0.479. The summed E-state index contributed by atoms with van der Waals surface area (Å²) in [4.78, 5) is 0. The third-order valence-electron chi connectivity index (χ3n) is 2.52. The van der Waals surface area contributed by atoms with Gasteiger partial charge < -0.3 is 11.1 Å². The van der Waals surface area contributed by atoms with Crippen molar-refractivity contribution >= 4 is 0 Å². The van der Waals surface area contributed by atoms with E-state index in [4.69, 9.17) is 5.73 Å². The molecule has 0 aliphatic carbocycles. The average Bonchev–Trinajstić information content (AvgIpc) is 2.37. The van der Waals surface area contributed by atoms with Gasteiger partial charge in [-0.3, -0.25) is 0 Å². The SMILES string of the molecule is CCCCCC1NCCC1N. The fraction of sp³-hybridized carbons (Fsp3) is 1.00. The Bertz CT molecular complexity index is 104. The van der Waals surface area contributed by atoms with Crippen molar-refractivity contribution in [3.8, 4) is 0 Å². The van der Waals surface area contributed by atoms with Crippen molar-refractivity contribution in [3.05, 3.63) is 0 Å². The summed E-state index contributed by atoms with van der Waals surface area (Å²) in [5, 5.41) is 3.44. The van der Waals surface area contributed by atoms with E-state index in [2.05, 4.69) is 12.2 Å². The summed E-state index contributed by atoms with van der Waals surface area (Å²) in [6.07, 6.45) is 6.43. The van der Waals surface area contributed by atoms with Gasteiger partial charge in [-0.15, -0.1) is 0 Å². The molecule has 11 heavy (non-hydrogen) atoms. The van der Waals surface area contributed by atoms with Gasteiger partial charge in [0.1, 0.15) is 0 Å². The summed E-state index contributed by atoms with van der Waals surface area (Å²) in [6, 6.07) is 1.04. The van der Waals surface area contributed by atoms with Gasteiger partial charge in [0.15, 0.2) is 0 Å². The molecule has 0 saturated carbocycles. The predicted octanol–water partition coefficient (Wildman–Crippen LogP) is 1.26. The molecule has 1 saturated heterocycles. The molecule has 1 aliphatic rings. The zero-order valence-corrected chi connectivity index (χ0v) is 7.47. The normalized spacial score (nSPS) is 31.1. The second-order valence-electron chi connectivity index (χ2n) is 3.51. The first-order chi connectivity index (χ1) is 5.34. The second kappa shape index (κ2) is 4.73. The second-order valence-corrected chi connectivity index (χ2v) is 3.51. The van der Waals surface area contributed by atoms with Crippen LogP contribution in [-0.4, -0.2) is 18.6 Å². The van der Waals surface area contributed by atoms with Gasteiger partial charge in [0.2, 0.25) is 0 Å². The number of unbranched alkanes of at least 4 members (excludes halogenated alkanes) is 2. The van der Waals surface area contributed by atoms with Crippen molar-refractivity contribution in [3.63, 3.8) is 0 Å². The average molecular weight is 156 g/mol. The maximum atomic E-state index is 5.90. The molecule has 0 radical (unpaired) electrons. The van der Waals surface area contributed by atoms with Gasteiger partial charge >= 0.3 is 0 Å². The van der Waals surface area contributed by atoms with Crippen molar-refractivity contribution in [1.29, 1.82) is 0 Å². The number of rotatable bonds is 4. The molecule has 0 aromatic rings. The molecule has 1 aliphatic heterocycles. The van der Waals surface area contributed by atoms with Crippen LogP contribution in [0.15, 0.2) is 0 Å². The Kier molecular flexibility index (Phi) is 3.87. The third kappa shape index (κ3) is 2.80.